The lowest BCUT2D eigenvalue weighted by Gasteiger charge is -2.16. The SMILES string of the molecule is Cc1ccc(C(CN)c2ccc(Cl)cc2)cc1. The van der Waals surface area contributed by atoms with E-state index in [1.54, 1.807) is 0 Å². The Morgan fingerprint density at radius 3 is 1.88 bits per heavy atom. The van der Waals surface area contributed by atoms with E-state index < -0.39 is 0 Å². The largest absolute Gasteiger partial charge is 0.330 e. The topological polar surface area (TPSA) is 26.0 Å². The molecule has 0 fully saturated rings. The van der Waals surface area contributed by atoms with Crippen LogP contribution in [0.2, 0.25) is 5.02 Å². The van der Waals surface area contributed by atoms with Crippen LogP contribution >= 0.6 is 11.6 Å². The highest BCUT2D eigenvalue weighted by molar-refractivity contribution is 6.30. The second-order valence-corrected chi connectivity index (χ2v) is 4.69. The fraction of sp³-hybridized carbons (Fsp3) is 0.200. The predicted octanol–water partition coefficient (Wildman–Crippen LogP) is 3.74. The highest BCUT2D eigenvalue weighted by Gasteiger charge is 2.11. The molecule has 0 aliphatic rings. The number of nitrogens with two attached hydrogens (primary N) is 1. The Morgan fingerprint density at radius 2 is 1.41 bits per heavy atom. The van der Waals surface area contributed by atoms with Gasteiger partial charge in [0.1, 0.15) is 0 Å². The van der Waals surface area contributed by atoms with Gasteiger partial charge in [0.15, 0.2) is 0 Å². The minimum atomic E-state index is 0.243. The summed E-state index contributed by atoms with van der Waals surface area (Å²) in [6.07, 6.45) is 0. The average Bonchev–Trinajstić information content (AvgIpc) is 2.35. The maximum atomic E-state index is 5.90. The van der Waals surface area contributed by atoms with E-state index in [0.717, 1.165) is 5.02 Å². The fourth-order valence-electron chi connectivity index (χ4n) is 1.96. The van der Waals surface area contributed by atoms with Crippen molar-refractivity contribution < 1.29 is 0 Å². The van der Waals surface area contributed by atoms with Gasteiger partial charge in [0.2, 0.25) is 0 Å². The molecule has 0 saturated heterocycles. The third kappa shape index (κ3) is 2.87. The lowest BCUT2D eigenvalue weighted by atomic mass is 9.91. The molecule has 2 aromatic rings. The van der Waals surface area contributed by atoms with Gasteiger partial charge in [-0.05, 0) is 30.2 Å². The summed E-state index contributed by atoms with van der Waals surface area (Å²) >= 11 is 5.90. The van der Waals surface area contributed by atoms with E-state index in [9.17, 15) is 0 Å². The zero-order valence-corrected chi connectivity index (χ0v) is 10.6. The highest BCUT2D eigenvalue weighted by atomic mass is 35.5. The summed E-state index contributed by atoms with van der Waals surface area (Å²) in [4.78, 5) is 0. The van der Waals surface area contributed by atoms with Gasteiger partial charge in [-0.2, -0.15) is 0 Å². The molecule has 2 aromatic carbocycles. The van der Waals surface area contributed by atoms with Crippen molar-refractivity contribution in [1.82, 2.24) is 0 Å². The summed E-state index contributed by atoms with van der Waals surface area (Å²) in [6.45, 7) is 2.69. The van der Waals surface area contributed by atoms with Crippen molar-refractivity contribution in [3.8, 4) is 0 Å². The van der Waals surface area contributed by atoms with Crippen LogP contribution in [0.4, 0.5) is 0 Å². The van der Waals surface area contributed by atoms with Crippen molar-refractivity contribution in [1.29, 1.82) is 0 Å². The minimum Gasteiger partial charge on any atom is -0.330 e. The molecule has 2 heteroatoms. The van der Waals surface area contributed by atoms with Gasteiger partial charge in [0, 0.05) is 17.5 Å². The van der Waals surface area contributed by atoms with Crippen molar-refractivity contribution >= 4 is 11.6 Å². The van der Waals surface area contributed by atoms with Gasteiger partial charge in [-0.15, -0.1) is 0 Å². The number of benzene rings is 2. The molecule has 1 atom stereocenters. The Hall–Kier alpha value is -1.31. The van der Waals surface area contributed by atoms with E-state index >= 15 is 0 Å². The van der Waals surface area contributed by atoms with Gasteiger partial charge in [-0.25, -0.2) is 0 Å². The molecule has 2 rings (SSSR count). The van der Waals surface area contributed by atoms with E-state index in [1.165, 1.54) is 16.7 Å². The number of hydrogen-bond acceptors (Lipinski definition) is 1. The Kier molecular flexibility index (Phi) is 3.82. The second kappa shape index (κ2) is 5.35. The third-order valence-electron chi connectivity index (χ3n) is 2.99. The summed E-state index contributed by atoms with van der Waals surface area (Å²) in [7, 11) is 0. The zero-order valence-electron chi connectivity index (χ0n) is 9.86. The minimum absolute atomic E-state index is 0.243. The molecular formula is C15H16ClN. The summed E-state index contributed by atoms with van der Waals surface area (Å²) < 4.78 is 0. The molecule has 1 unspecified atom stereocenters. The summed E-state index contributed by atoms with van der Waals surface area (Å²) in [5.41, 5.74) is 9.60. The molecule has 0 aliphatic heterocycles. The molecule has 0 radical (unpaired) electrons. The molecule has 0 aliphatic carbocycles. The quantitative estimate of drug-likeness (QED) is 0.876. The standard InChI is InChI=1S/C15H16ClN/c1-11-2-4-12(5-3-11)15(10-17)13-6-8-14(16)9-7-13/h2-9,15H,10,17H2,1H3. The average molecular weight is 246 g/mol. The van der Waals surface area contributed by atoms with Crippen molar-refractivity contribution in [3.05, 3.63) is 70.2 Å². The van der Waals surface area contributed by atoms with Crippen LogP contribution in [0, 0.1) is 6.92 Å². The Morgan fingerprint density at radius 1 is 0.941 bits per heavy atom. The molecule has 0 bridgehead atoms. The van der Waals surface area contributed by atoms with Gasteiger partial charge in [0.05, 0.1) is 0 Å². The van der Waals surface area contributed by atoms with Crippen LogP contribution in [-0.2, 0) is 0 Å². The predicted molar refractivity (Wildman–Crippen MR) is 73.5 cm³/mol. The summed E-state index contributed by atoms with van der Waals surface area (Å²) in [5.74, 6) is 0.243. The van der Waals surface area contributed by atoms with E-state index in [4.69, 9.17) is 17.3 Å². The molecule has 0 spiro atoms. The highest BCUT2D eigenvalue weighted by Crippen LogP contribution is 2.25. The maximum absolute atomic E-state index is 5.90. The van der Waals surface area contributed by atoms with Gasteiger partial charge in [-0.1, -0.05) is 53.6 Å². The normalized spacial score (nSPS) is 12.4. The monoisotopic (exact) mass is 245 g/mol. The van der Waals surface area contributed by atoms with E-state index in [2.05, 4.69) is 31.2 Å². The van der Waals surface area contributed by atoms with E-state index in [0.29, 0.717) is 6.54 Å². The van der Waals surface area contributed by atoms with Crippen molar-refractivity contribution in [2.75, 3.05) is 6.54 Å². The molecule has 88 valence electrons. The molecule has 2 N–H and O–H groups in total. The fourth-order valence-corrected chi connectivity index (χ4v) is 2.08. The number of halogens is 1. The van der Waals surface area contributed by atoms with Crippen LogP contribution in [-0.4, -0.2) is 6.54 Å². The molecular weight excluding hydrogens is 230 g/mol. The van der Waals surface area contributed by atoms with Gasteiger partial charge >= 0.3 is 0 Å². The first kappa shape index (κ1) is 12.2. The summed E-state index contributed by atoms with van der Waals surface area (Å²) in [5, 5.41) is 0.758. The number of rotatable bonds is 3. The van der Waals surface area contributed by atoms with Crippen LogP contribution in [0.25, 0.3) is 0 Å². The van der Waals surface area contributed by atoms with E-state index in [-0.39, 0.29) is 5.92 Å². The Bertz CT molecular complexity index is 428. The van der Waals surface area contributed by atoms with E-state index in [1.807, 2.05) is 24.3 Å². The first-order chi connectivity index (χ1) is 8.20. The van der Waals surface area contributed by atoms with Crippen molar-refractivity contribution in [2.45, 2.75) is 12.8 Å². The molecule has 0 aromatic heterocycles. The van der Waals surface area contributed by atoms with Gasteiger partial charge in [0.25, 0.3) is 0 Å². The first-order valence-electron chi connectivity index (χ1n) is 5.73. The smallest absolute Gasteiger partial charge is 0.0406 e. The van der Waals surface area contributed by atoms with Crippen LogP contribution in [0.5, 0.6) is 0 Å². The van der Waals surface area contributed by atoms with Crippen LogP contribution in [0.1, 0.15) is 22.6 Å². The second-order valence-electron chi connectivity index (χ2n) is 4.25. The lowest BCUT2D eigenvalue weighted by Crippen LogP contribution is -2.13. The van der Waals surface area contributed by atoms with Gasteiger partial charge in [-0.3, -0.25) is 0 Å². The number of hydrogen-bond donors (Lipinski definition) is 1. The van der Waals surface area contributed by atoms with Crippen LogP contribution < -0.4 is 5.73 Å². The molecule has 0 heterocycles. The zero-order chi connectivity index (χ0) is 12.3. The van der Waals surface area contributed by atoms with Crippen molar-refractivity contribution in [2.24, 2.45) is 5.73 Å². The Balaban J connectivity index is 2.33. The number of aryl methyl sites for hydroxylation is 1. The first-order valence-corrected chi connectivity index (χ1v) is 6.10. The lowest BCUT2D eigenvalue weighted by molar-refractivity contribution is 0.819. The molecule has 17 heavy (non-hydrogen) atoms. The Labute approximate surface area is 107 Å². The summed E-state index contributed by atoms with van der Waals surface area (Å²) in [6, 6.07) is 16.4. The third-order valence-corrected chi connectivity index (χ3v) is 3.24. The van der Waals surface area contributed by atoms with Crippen LogP contribution in [0.15, 0.2) is 48.5 Å². The molecule has 0 saturated carbocycles. The van der Waals surface area contributed by atoms with Crippen molar-refractivity contribution in [3.63, 3.8) is 0 Å². The molecule has 1 nitrogen and oxygen atoms in total. The maximum Gasteiger partial charge on any atom is 0.0406 e. The van der Waals surface area contributed by atoms with Crippen LogP contribution in [0.3, 0.4) is 0 Å². The molecule has 0 amide bonds. The van der Waals surface area contributed by atoms with Gasteiger partial charge < -0.3 is 5.73 Å².